The van der Waals surface area contributed by atoms with Crippen molar-refractivity contribution in [2.24, 2.45) is 11.1 Å². The molecule has 0 spiro atoms. The van der Waals surface area contributed by atoms with Crippen molar-refractivity contribution in [3.63, 3.8) is 0 Å². The number of nitrogens with zero attached hydrogens (tertiary/aromatic N) is 1. The highest BCUT2D eigenvalue weighted by Crippen LogP contribution is 2.26. The van der Waals surface area contributed by atoms with Gasteiger partial charge in [0.1, 0.15) is 0 Å². The molecule has 0 aliphatic heterocycles. The van der Waals surface area contributed by atoms with Crippen molar-refractivity contribution in [1.82, 2.24) is 0 Å². The molecule has 1 rings (SSSR count). The highest BCUT2D eigenvalue weighted by molar-refractivity contribution is 5.46. The average molecular weight is 262 g/mol. The molecule has 0 saturated carbocycles. The van der Waals surface area contributed by atoms with Gasteiger partial charge >= 0.3 is 0 Å². The summed E-state index contributed by atoms with van der Waals surface area (Å²) in [6.45, 7) is 8.73. The molecule has 0 bridgehead atoms. The molecule has 0 aliphatic carbocycles. The van der Waals surface area contributed by atoms with Gasteiger partial charge in [-0.25, -0.2) is 0 Å². The van der Waals surface area contributed by atoms with Crippen LogP contribution in [0.3, 0.4) is 0 Å². The maximum absolute atomic E-state index is 5.65. The zero-order valence-electron chi connectivity index (χ0n) is 13.1. The Kier molecular flexibility index (Phi) is 6.36. The third-order valence-electron chi connectivity index (χ3n) is 3.95. The van der Waals surface area contributed by atoms with Crippen LogP contribution in [0.2, 0.25) is 0 Å². The van der Waals surface area contributed by atoms with E-state index in [0.29, 0.717) is 5.41 Å². The van der Waals surface area contributed by atoms with E-state index in [1.54, 1.807) is 0 Å². The van der Waals surface area contributed by atoms with Crippen molar-refractivity contribution in [2.75, 3.05) is 25.0 Å². The number of hydrogen-bond acceptors (Lipinski definition) is 2. The SMILES string of the molecule is CCc1ccc(N(C)CCCC(C)(C)CCN)cc1. The van der Waals surface area contributed by atoms with E-state index >= 15 is 0 Å². The monoisotopic (exact) mass is 262 g/mol. The van der Waals surface area contributed by atoms with Gasteiger partial charge in [-0.3, -0.25) is 0 Å². The van der Waals surface area contributed by atoms with Gasteiger partial charge in [-0.2, -0.15) is 0 Å². The van der Waals surface area contributed by atoms with Crippen LogP contribution in [-0.4, -0.2) is 20.1 Å². The lowest BCUT2D eigenvalue weighted by Gasteiger charge is -2.26. The van der Waals surface area contributed by atoms with Gasteiger partial charge in [0.05, 0.1) is 0 Å². The van der Waals surface area contributed by atoms with Crippen LogP contribution in [0, 0.1) is 5.41 Å². The minimum Gasteiger partial charge on any atom is -0.375 e. The second-order valence-corrected chi connectivity index (χ2v) is 6.25. The van der Waals surface area contributed by atoms with Crippen LogP contribution >= 0.6 is 0 Å². The molecule has 19 heavy (non-hydrogen) atoms. The fourth-order valence-corrected chi connectivity index (χ4v) is 2.43. The third kappa shape index (κ3) is 5.65. The van der Waals surface area contributed by atoms with Crippen molar-refractivity contribution >= 4 is 5.69 Å². The normalized spacial score (nSPS) is 11.6. The molecule has 2 heteroatoms. The van der Waals surface area contributed by atoms with Crippen molar-refractivity contribution < 1.29 is 0 Å². The summed E-state index contributed by atoms with van der Waals surface area (Å²) in [4.78, 5) is 2.35. The van der Waals surface area contributed by atoms with E-state index in [-0.39, 0.29) is 0 Å². The van der Waals surface area contributed by atoms with Crippen LogP contribution in [0.4, 0.5) is 5.69 Å². The van der Waals surface area contributed by atoms with Crippen molar-refractivity contribution in [3.8, 4) is 0 Å². The van der Waals surface area contributed by atoms with Gasteiger partial charge < -0.3 is 10.6 Å². The van der Waals surface area contributed by atoms with Gasteiger partial charge in [0.15, 0.2) is 0 Å². The van der Waals surface area contributed by atoms with Gasteiger partial charge in [0.2, 0.25) is 0 Å². The lowest BCUT2D eigenvalue weighted by atomic mass is 9.84. The Morgan fingerprint density at radius 2 is 1.74 bits per heavy atom. The Hall–Kier alpha value is -1.02. The van der Waals surface area contributed by atoms with Crippen LogP contribution in [0.15, 0.2) is 24.3 Å². The van der Waals surface area contributed by atoms with Crippen LogP contribution in [0.25, 0.3) is 0 Å². The molecule has 0 fully saturated rings. The topological polar surface area (TPSA) is 29.3 Å². The van der Waals surface area contributed by atoms with Gasteiger partial charge in [-0.15, -0.1) is 0 Å². The summed E-state index contributed by atoms with van der Waals surface area (Å²) < 4.78 is 0. The number of benzene rings is 1. The lowest BCUT2D eigenvalue weighted by Crippen LogP contribution is -2.22. The first-order valence-corrected chi connectivity index (χ1v) is 7.48. The number of nitrogens with two attached hydrogens (primary N) is 1. The molecule has 0 amide bonds. The van der Waals surface area contributed by atoms with Gasteiger partial charge in [0, 0.05) is 19.3 Å². The molecule has 0 aromatic heterocycles. The quantitative estimate of drug-likeness (QED) is 0.771. The Labute approximate surface area is 119 Å². The maximum Gasteiger partial charge on any atom is 0.0363 e. The summed E-state index contributed by atoms with van der Waals surface area (Å²) >= 11 is 0. The van der Waals surface area contributed by atoms with Gasteiger partial charge in [-0.05, 0) is 55.3 Å². The van der Waals surface area contributed by atoms with Crippen LogP contribution in [0.1, 0.15) is 45.6 Å². The minimum absolute atomic E-state index is 0.377. The second-order valence-electron chi connectivity index (χ2n) is 6.25. The number of rotatable bonds is 8. The summed E-state index contributed by atoms with van der Waals surface area (Å²) in [5, 5.41) is 0. The predicted molar refractivity (Wildman–Crippen MR) is 85.8 cm³/mol. The van der Waals surface area contributed by atoms with E-state index in [1.165, 1.54) is 24.1 Å². The zero-order chi connectivity index (χ0) is 14.3. The first kappa shape index (κ1) is 16.0. The molecule has 0 aliphatic rings. The number of aryl methyl sites for hydroxylation is 1. The van der Waals surface area contributed by atoms with Gasteiger partial charge in [-0.1, -0.05) is 32.9 Å². The van der Waals surface area contributed by atoms with E-state index in [4.69, 9.17) is 5.73 Å². The Morgan fingerprint density at radius 1 is 1.11 bits per heavy atom. The minimum atomic E-state index is 0.377. The summed E-state index contributed by atoms with van der Waals surface area (Å²) in [6, 6.07) is 8.90. The Balaban J connectivity index is 2.40. The van der Waals surface area contributed by atoms with Crippen LogP contribution in [-0.2, 0) is 6.42 Å². The summed E-state index contributed by atoms with van der Waals surface area (Å²) in [5.41, 5.74) is 8.75. The zero-order valence-corrected chi connectivity index (χ0v) is 13.1. The lowest BCUT2D eigenvalue weighted by molar-refractivity contribution is 0.306. The molecule has 2 N–H and O–H groups in total. The van der Waals surface area contributed by atoms with Crippen LogP contribution < -0.4 is 10.6 Å². The molecular formula is C17H30N2. The summed E-state index contributed by atoms with van der Waals surface area (Å²) in [7, 11) is 2.18. The molecule has 0 radical (unpaired) electrons. The Morgan fingerprint density at radius 3 is 2.26 bits per heavy atom. The van der Waals surface area contributed by atoms with E-state index < -0.39 is 0 Å². The molecule has 0 atom stereocenters. The largest absolute Gasteiger partial charge is 0.375 e. The van der Waals surface area contributed by atoms with Crippen molar-refractivity contribution in [1.29, 1.82) is 0 Å². The average Bonchev–Trinajstić information content (AvgIpc) is 2.38. The van der Waals surface area contributed by atoms with E-state index in [9.17, 15) is 0 Å². The number of hydrogen-bond donors (Lipinski definition) is 1. The first-order valence-electron chi connectivity index (χ1n) is 7.48. The first-order chi connectivity index (χ1) is 8.98. The molecule has 1 aromatic carbocycles. The van der Waals surface area contributed by atoms with E-state index in [2.05, 4.69) is 57.0 Å². The van der Waals surface area contributed by atoms with Crippen molar-refractivity contribution in [3.05, 3.63) is 29.8 Å². The molecule has 0 heterocycles. The highest BCUT2D eigenvalue weighted by atomic mass is 15.1. The molecule has 108 valence electrons. The molecule has 0 unspecified atom stereocenters. The highest BCUT2D eigenvalue weighted by Gasteiger charge is 2.16. The van der Waals surface area contributed by atoms with Crippen molar-refractivity contribution in [2.45, 2.75) is 46.5 Å². The molecule has 2 nitrogen and oxygen atoms in total. The number of anilines is 1. The predicted octanol–water partition coefficient (Wildman–Crippen LogP) is 3.84. The maximum atomic E-state index is 5.65. The van der Waals surface area contributed by atoms with E-state index in [0.717, 1.165) is 25.9 Å². The van der Waals surface area contributed by atoms with Gasteiger partial charge in [0.25, 0.3) is 0 Å². The smallest absolute Gasteiger partial charge is 0.0363 e. The molecule has 0 saturated heterocycles. The summed E-state index contributed by atoms with van der Waals surface area (Å²) in [5.74, 6) is 0. The fraction of sp³-hybridized carbons (Fsp3) is 0.647. The fourth-order valence-electron chi connectivity index (χ4n) is 2.43. The Bertz CT molecular complexity index is 354. The van der Waals surface area contributed by atoms with E-state index in [1.807, 2.05) is 0 Å². The third-order valence-corrected chi connectivity index (χ3v) is 3.95. The standard InChI is InChI=1S/C17H30N2/c1-5-15-7-9-16(10-8-15)19(4)14-6-11-17(2,3)12-13-18/h7-10H,5-6,11-14,18H2,1-4H3. The second kappa shape index (κ2) is 7.54. The molecular weight excluding hydrogens is 232 g/mol. The molecule has 1 aromatic rings. The van der Waals surface area contributed by atoms with Crippen LogP contribution in [0.5, 0.6) is 0 Å². The summed E-state index contributed by atoms with van der Waals surface area (Å²) in [6.07, 6.45) is 4.68.